The van der Waals surface area contributed by atoms with Crippen molar-refractivity contribution in [1.29, 1.82) is 0 Å². The average Bonchev–Trinajstić information content (AvgIpc) is 2.57. The molecule has 4 nitrogen and oxygen atoms in total. The Kier molecular flexibility index (Phi) is 4.93. The number of aryl methyl sites for hydroxylation is 1. The summed E-state index contributed by atoms with van der Waals surface area (Å²) in [6.07, 6.45) is -4.54. The molecule has 0 amide bonds. The van der Waals surface area contributed by atoms with Crippen LogP contribution in [-0.2, 0) is 6.18 Å². The lowest BCUT2D eigenvalue weighted by molar-refractivity contribution is -0.136. The number of para-hydroxylation sites is 1. The maximum atomic E-state index is 13.3. The predicted molar refractivity (Wildman–Crippen MR) is 91.1 cm³/mol. The van der Waals surface area contributed by atoms with E-state index in [1.54, 1.807) is 6.92 Å². The van der Waals surface area contributed by atoms with E-state index in [-0.39, 0.29) is 23.1 Å². The fraction of sp³-hybridized carbons (Fsp3) is 0.111. The molecule has 2 aromatic carbocycles. The normalized spacial score (nSPS) is 11.3. The number of halogens is 5. The first-order valence-corrected chi connectivity index (χ1v) is 7.73. The van der Waals surface area contributed by atoms with E-state index in [4.69, 9.17) is 0 Å². The van der Waals surface area contributed by atoms with E-state index in [1.807, 2.05) is 0 Å². The highest BCUT2D eigenvalue weighted by molar-refractivity contribution is 5.62. The van der Waals surface area contributed by atoms with Crippen molar-refractivity contribution in [2.45, 2.75) is 13.1 Å². The van der Waals surface area contributed by atoms with Crippen LogP contribution in [0.4, 0.5) is 45.1 Å². The van der Waals surface area contributed by atoms with Gasteiger partial charge in [0.25, 0.3) is 0 Å². The second kappa shape index (κ2) is 7.18. The lowest BCUT2D eigenvalue weighted by atomic mass is 10.1. The Morgan fingerprint density at radius 2 is 1.59 bits per heavy atom. The zero-order chi connectivity index (χ0) is 19.6. The van der Waals surface area contributed by atoms with Crippen molar-refractivity contribution >= 4 is 23.1 Å². The Hall–Kier alpha value is -3.23. The maximum Gasteiger partial charge on any atom is 0.418 e. The molecule has 1 heterocycles. The molecule has 1 aromatic heterocycles. The summed E-state index contributed by atoms with van der Waals surface area (Å²) in [4.78, 5) is 8.14. The van der Waals surface area contributed by atoms with Gasteiger partial charge in [0, 0.05) is 23.5 Å². The molecule has 0 aliphatic heterocycles. The first-order chi connectivity index (χ1) is 12.7. The topological polar surface area (TPSA) is 49.8 Å². The molecule has 0 radical (unpaired) electrons. The van der Waals surface area contributed by atoms with Crippen molar-refractivity contribution in [3.8, 4) is 0 Å². The molecule has 0 atom stereocenters. The van der Waals surface area contributed by atoms with E-state index in [2.05, 4.69) is 20.6 Å². The third-order valence-corrected chi connectivity index (χ3v) is 3.53. The highest BCUT2D eigenvalue weighted by atomic mass is 19.4. The Labute approximate surface area is 151 Å². The van der Waals surface area contributed by atoms with Crippen molar-refractivity contribution in [3.05, 3.63) is 71.4 Å². The van der Waals surface area contributed by atoms with Crippen LogP contribution in [0, 0.1) is 18.6 Å². The Morgan fingerprint density at radius 1 is 0.852 bits per heavy atom. The third-order valence-electron chi connectivity index (χ3n) is 3.53. The molecule has 140 valence electrons. The second-order valence-electron chi connectivity index (χ2n) is 5.64. The molecule has 27 heavy (non-hydrogen) atoms. The van der Waals surface area contributed by atoms with Gasteiger partial charge in [0.15, 0.2) is 11.6 Å². The standard InChI is InChI=1S/C18H13F5N4/c1-10-8-16(25-11-6-7-13(19)14(20)9-11)27-17(24-10)26-15-5-3-2-4-12(15)18(21,22)23/h2-9H,1H3,(H2,24,25,26,27). The molecule has 0 spiro atoms. The Morgan fingerprint density at radius 3 is 2.30 bits per heavy atom. The van der Waals surface area contributed by atoms with Crippen LogP contribution in [0.1, 0.15) is 11.3 Å². The van der Waals surface area contributed by atoms with Crippen molar-refractivity contribution in [3.63, 3.8) is 0 Å². The van der Waals surface area contributed by atoms with Crippen LogP contribution in [0.25, 0.3) is 0 Å². The number of anilines is 4. The minimum atomic E-state index is -4.54. The fourth-order valence-electron chi connectivity index (χ4n) is 2.37. The lowest BCUT2D eigenvalue weighted by Gasteiger charge is -2.14. The summed E-state index contributed by atoms with van der Waals surface area (Å²) in [5.41, 5.74) is -0.365. The van der Waals surface area contributed by atoms with Gasteiger partial charge in [0.2, 0.25) is 5.95 Å². The van der Waals surface area contributed by atoms with Gasteiger partial charge in [-0.15, -0.1) is 0 Å². The molecular formula is C18H13F5N4. The summed E-state index contributed by atoms with van der Waals surface area (Å²) < 4.78 is 65.7. The van der Waals surface area contributed by atoms with E-state index in [1.165, 1.54) is 30.3 Å². The summed E-state index contributed by atoms with van der Waals surface area (Å²) in [6.45, 7) is 1.62. The van der Waals surface area contributed by atoms with Crippen LogP contribution < -0.4 is 10.6 Å². The molecule has 3 rings (SSSR count). The summed E-state index contributed by atoms with van der Waals surface area (Å²) in [5, 5.41) is 5.31. The molecule has 0 saturated heterocycles. The van der Waals surface area contributed by atoms with Gasteiger partial charge in [0.05, 0.1) is 11.3 Å². The lowest BCUT2D eigenvalue weighted by Crippen LogP contribution is -2.10. The minimum Gasteiger partial charge on any atom is -0.340 e. The summed E-state index contributed by atoms with van der Waals surface area (Å²) >= 11 is 0. The predicted octanol–water partition coefficient (Wildman–Crippen LogP) is 5.57. The van der Waals surface area contributed by atoms with Crippen LogP contribution in [-0.4, -0.2) is 9.97 Å². The largest absolute Gasteiger partial charge is 0.418 e. The number of nitrogens with zero attached hydrogens (tertiary/aromatic N) is 2. The quantitative estimate of drug-likeness (QED) is 0.581. The van der Waals surface area contributed by atoms with E-state index >= 15 is 0 Å². The molecule has 9 heteroatoms. The molecule has 0 fully saturated rings. The van der Waals surface area contributed by atoms with Gasteiger partial charge >= 0.3 is 6.18 Å². The monoisotopic (exact) mass is 380 g/mol. The number of rotatable bonds is 4. The van der Waals surface area contributed by atoms with Crippen molar-refractivity contribution in [1.82, 2.24) is 9.97 Å². The van der Waals surface area contributed by atoms with Crippen molar-refractivity contribution in [2.24, 2.45) is 0 Å². The smallest absolute Gasteiger partial charge is 0.340 e. The van der Waals surface area contributed by atoms with Gasteiger partial charge in [-0.2, -0.15) is 18.2 Å². The summed E-state index contributed by atoms with van der Waals surface area (Å²) in [5.74, 6) is -1.90. The first-order valence-electron chi connectivity index (χ1n) is 7.73. The van der Waals surface area contributed by atoms with Gasteiger partial charge in [-0.25, -0.2) is 13.8 Å². The van der Waals surface area contributed by atoms with Crippen LogP contribution in [0.5, 0.6) is 0 Å². The summed E-state index contributed by atoms with van der Waals surface area (Å²) in [7, 11) is 0. The van der Waals surface area contributed by atoms with Crippen LogP contribution in [0.3, 0.4) is 0 Å². The third kappa shape index (κ3) is 4.49. The molecule has 3 aromatic rings. The minimum absolute atomic E-state index is 0.0724. The highest BCUT2D eigenvalue weighted by Crippen LogP contribution is 2.35. The van der Waals surface area contributed by atoms with Crippen molar-refractivity contribution < 1.29 is 22.0 Å². The number of alkyl halides is 3. The highest BCUT2D eigenvalue weighted by Gasteiger charge is 2.33. The fourth-order valence-corrected chi connectivity index (χ4v) is 2.37. The second-order valence-corrected chi connectivity index (χ2v) is 5.64. The molecule has 0 bridgehead atoms. The van der Waals surface area contributed by atoms with Gasteiger partial charge in [-0.3, -0.25) is 0 Å². The molecule has 2 N–H and O–H groups in total. The van der Waals surface area contributed by atoms with E-state index in [0.717, 1.165) is 18.2 Å². The average molecular weight is 380 g/mol. The number of benzene rings is 2. The molecule has 0 aliphatic carbocycles. The first kappa shape index (κ1) is 18.6. The van der Waals surface area contributed by atoms with E-state index in [0.29, 0.717) is 5.69 Å². The zero-order valence-corrected chi connectivity index (χ0v) is 13.9. The van der Waals surface area contributed by atoms with E-state index < -0.39 is 23.4 Å². The number of hydrogen-bond acceptors (Lipinski definition) is 4. The number of nitrogens with one attached hydrogen (secondary N) is 2. The van der Waals surface area contributed by atoms with Crippen LogP contribution in [0.15, 0.2) is 48.5 Å². The Balaban J connectivity index is 1.89. The van der Waals surface area contributed by atoms with Crippen molar-refractivity contribution in [2.75, 3.05) is 10.6 Å². The summed E-state index contributed by atoms with van der Waals surface area (Å²) in [6, 6.07) is 9.65. The van der Waals surface area contributed by atoms with Gasteiger partial charge < -0.3 is 10.6 Å². The van der Waals surface area contributed by atoms with Crippen LogP contribution >= 0.6 is 0 Å². The zero-order valence-electron chi connectivity index (χ0n) is 13.9. The van der Waals surface area contributed by atoms with Gasteiger partial charge in [-0.05, 0) is 31.2 Å². The van der Waals surface area contributed by atoms with Crippen LogP contribution in [0.2, 0.25) is 0 Å². The van der Waals surface area contributed by atoms with Gasteiger partial charge in [0.1, 0.15) is 5.82 Å². The SMILES string of the molecule is Cc1cc(Nc2ccc(F)c(F)c2)nc(Nc2ccccc2C(F)(F)F)n1. The molecule has 0 aliphatic rings. The molecule has 0 saturated carbocycles. The van der Waals surface area contributed by atoms with Gasteiger partial charge in [-0.1, -0.05) is 12.1 Å². The van der Waals surface area contributed by atoms with E-state index in [9.17, 15) is 22.0 Å². The Bertz CT molecular complexity index is 972. The maximum absolute atomic E-state index is 13.3. The molecular weight excluding hydrogens is 367 g/mol. The number of hydrogen-bond donors (Lipinski definition) is 2. The number of aromatic nitrogens is 2. The molecule has 0 unspecified atom stereocenters.